The highest BCUT2D eigenvalue weighted by molar-refractivity contribution is 5.78. The lowest BCUT2D eigenvalue weighted by Crippen LogP contribution is -2.56. The second kappa shape index (κ2) is 4.82. The molecular weight excluding hydrogens is 210 g/mol. The van der Waals surface area contributed by atoms with Crippen LogP contribution in [0.1, 0.15) is 39.5 Å². The van der Waals surface area contributed by atoms with Crippen molar-refractivity contribution >= 4 is 11.9 Å². The first kappa shape index (κ1) is 13.0. The van der Waals surface area contributed by atoms with E-state index in [0.29, 0.717) is 12.8 Å². The first-order valence-electron chi connectivity index (χ1n) is 5.66. The van der Waals surface area contributed by atoms with E-state index in [-0.39, 0.29) is 5.41 Å². The molecule has 0 aromatic carbocycles. The van der Waals surface area contributed by atoms with Gasteiger partial charge in [-0.15, -0.1) is 0 Å². The fraction of sp³-hybridized carbons (Fsp3) is 0.818. The minimum atomic E-state index is -0.961. The van der Waals surface area contributed by atoms with Crippen LogP contribution >= 0.6 is 0 Å². The molecule has 0 spiro atoms. The Kier molecular flexibility index (Phi) is 3.91. The fourth-order valence-corrected chi connectivity index (χ4v) is 2.45. The van der Waals surface area contributed by atoms with E-state index in [0.717, 1.165) is 12.8 Å². The molecule has 1 saturated heterocycles. The van der Waals surface area contributed by atoms with Crippen molar-refractivity contribution in [3.63, 3.8) is 0 Å². The van der Waals surface area contributed by atoms with Crippen molar-refractivity contribution in [1.29, 1.82) is 0 Å². The lowest BCUT2D eigenvalue weighted by molar-refractivity contribution is -0.147. The van der Waals surface area contributed by atoms with Crippen molar-refractivity contribution in [3.05, 3.63) is 0 Å². The lowest BCUT2D eigenvalue weighted by Gasteiger charge is -2.42. The van der Waals surface area contributed by atoms with Crippen LogP contribution in [-0.2, 0) is 9.59 Å². The largest absolute Gasteiger partial charge is 0.480 e. The Morgan fingerprint density at radius 2 is 1.50 bits per heavy atom. The van der Waals surface area contributed by atoms with E-state index in [4.69, 9.17) is 10.2 Å². The maximum Gasteiger partial charge on any atom is 0.320 e. The smallest absolute Gasteiger partial charge is 0.320 e. The molecule has 0 unspecified atom stereocenters. The number of hydrogen-bond acceptors (Lipinski definition) is 3. The minimum Gasteiger partial charge on any atom is -0.480 e. The van der Waals surface area contributed by atoms with Crippen molar-refractivity contribution in [3.8, 4) is 0 Å². The molecule has 16 heavy (non-hydrogen) atoms. The fourth-order valence-electron chi connectivity index (χ4n) is 2.45. The molecule has 5 nitrogen and oxygen atoms in total. The first-order chi connectivity index (χ1) is 7.44. The van der Waals surface area contributed by atoms with Gasteiger partial charge in [-0.05, 0) is 18.3 Å². The SMILES string of the molecule is CCC1(CC)C[C@@H](C(=O)O)N[C@@H](C(=O)O)C1. The monoisotopic (exact) mass is 229 g/mol. The molecule has 5 heteroatoms. The number of rotatable bonds is 4. The summed E-state index contributed by atoms with van der Waals surface area (Å²) >= 11 is 0. The van der Waals surface area contributed by atoms with Gasteiger partial charge >= 0.3 is 11.9 Å². The van der Waals surface area contributed by atoms with E-state index in [2.05, 4.69) is 5.32 Å². The van der Waals surface area contributed by atoms with Gasteiger partial charge in [0.05, 0.1) is 0 Å². The van der Waals surface area contributed by atoms with Crippen molar-refractivity contribution in [2.24, 2.45) is 5.41 Å². The first-order valence-corrected chi connectivity index (χ1v) is 5.66. The molecule has 0 aliphatic carbocycles. The maximum absolute atomic E-state index is 11.0. The molecule has 92 valence electrons. The molecule has 1 fully saturated rings. The average molecular weight is 229 g/mol. The summed E-state index contributed by atoms with van der Waals surface area (Å²) in [7, 11) is 0. The van der Waals surface area contributed by atoms with Gasteiger partial charge in [-0.25, -0.2) is 0 Å². The zero-order valence-corrected chi connectivity index (χ0v) is 9.69. The van der Waals surface area contributed by atoms with Gasteiger partial charge in [0.2, 0.25) is 0 Å². The van der Waals surface area contributed by atoms with Crippen molar-refractivity contribution < 1.29 is 19.8 Å². The molecule has 0 saturated carbocycles. The van der Waals surface area contributed by atoms with Gasteiger partial charge in [0.25, 0.3) is 0 Å². The van der Waals surface area contributed by atoms with Crippen LogP contribution in [0.3, 0.4) is 0 Å². The van der Waals surface area contributed by atoms with Crippen LogP contribution in [0.2, 0.25) is 0 Å². The van der Waals surface area contributed by atoms with E-state index >= 15 is 0 Å². The molecule has 0 amide bonds. The van der Waals surface area contributed by atoms with Crippen LogP contribution in [0.25, 0.3) is 0 Å². The Bertz CT molecular complexity index is 262. The molecule has 0 radical (unpaired) electrons. The summed E-state index contributed by atoms with van der Waals surface area (Å²) in [4.78, 5) is 22.0. The van der Waals surface area contributed by atoms with Crippen molar-refractivity contribution in [2.75, 3.05) is 0 Å². The Labute approximate surface area is 94.8 Å². The molecule has 0 bridgehead atoms. The number of aliphatic carboxylic acids is 2. The summed E-state index contributed by atoms with van der Waals surface area (Å²) < 4.78 is 0. The third-order valence-electron chi connectivity index (χ3n) is 3.77. The van der Waals surface area contributed by atoms with E-state index in [1.54, 1.807) is 0 Å². The van der Waals surface area contributed by atoms with E-state index in [9.17, 15) is 9.59 Å². The zero-order chi connectivity index (χ0) is 12.3. The summed E-state index contributed by atoms with van der Waals surface area (Å²) in [6, 6.07) is -1.48. The van der Waals surface area contributed by atoms with E-state index < -0.39 is 24.0 Å². The maximum atomic E-state index is 11.0. The molecular formula is C11H19NO4. The van der Waals surface area contributed by atoms with Gasteiger partial charge in [-0.1, -0.05) is 26.7 Å². The average Bonchev–Trinajstić information content (AvgIpc) is 2.28. The molecule has 0 aromatic rings. The van der Waals surface area contributed by atoms with Crippen LogP contribution in [0.15, 0.2) is 0 Å². The van der Waals surface area contributed by atoms with Gasteiger partial charge in [-0.2, -0.15) is 0 Å². The van der Waals surface area contributed by atoms with Gasteiger partial charge in [0, 0.05) is 0 Å². The van der Waals surface area contributed by atoms with Gasteiger partial charge in [0.1, 0.15) is 12.1 Å². The summed E-state index contributed by atoms with van der Waals surface area (Å²) in [5.41, 5.74) is -0.155. The van der Waals surface area contributed by atoms with Crippen LogP contribution < -0.4 is 5.32 Å². The Morgan fingerprint density at radius 3 is 1.75 bits per heavy atom. The molecule has 1 rings (SSSR count). The highest BCUT2D eigenvalue weighted by Crippen LogP contribution is 2.40. The second-order valence-corrected chi connectivity index (χ2v) is 4.56. The second-order valence-electron chi connectivity index (χ2n) is 4.56. The third kappa shape index (κ3) is 2.52. The number of hydrogen-bond donors (Lipinski definition) is 3. The summed E-state index contributed by atoms with van der Waals surface area (Å²) in [5, 5.41) is 20.7. The van der Waals surface area contributed by atoms with E-state index in [1.807, 2.05) is 13.8 Å². The van der Waals surface area contributed by atoms with E-state index in [1.165, 1.54) is 0 Å². The summed E-state index contributed by atoms with van der Waals surface area (Å²) in [6.45, 7) is 3.99. The predicted molar refractivity (Wildman–Crippen MR) is 58.2 cm³/mol. The summed E-state index contributed by atoms with van der Waals surface area (Å²) in [5.74, 6) is -1.92. The number of carboxylic acids is 2. The number of carboxylic acid groups (broad SMARTS) is 2. The highest BCUT2D eigenvalue weighted by Gasteiger charge is 2.42. The normalized spacial score (nSPS) is 28.6. The topological polar surface area (TPSA) is 86.6 Å². The molecule has 1 aliphatic heterocycles. The number of piperidine rings is 1. The van der Waals surface area contributed by atoms with Crippen molar-refractivity contribution in [2.45, 2.75) is 51.6 Å². The molecule has 1 aliphatic rings. The molecule has 2 atom stereocenters. The van der Waals surface area contributed by atoms with Gasteiger partial charge in [0.15, 0.2) is 0 Å². The van der Waals surface area contributed by atoms with Crippen LogP contribution in [0, 0.1) is 5.41 Å². The van der Waals surface area contributed by atoms with Gasteiger partial charge < -0.3 is 10.2 Å². The molecule has 1 heterocycles. The number of nitrogens with one attached hydrogen (secondary N) is 1. The predicted octanol–water partition coefficient (Wildman–Crippen LogP) is 1.08. The minimum absolute atomic E-state index is 0.155. The Morgan fingerprint density at radius 1 is 1.12 bits per heavy atom. The third-order valence-corrected chi connectivity index (χ3v) is 3.77. The molecule has 0 aromatic heterocycles. The quantitative estimate of drug-likeness (QED) is 0.671. The van der Waals surface area contributed by atoms with Crippen molar-refractivity contribution in [1.82, 2.24) is 5.32 Å². The lowest BCUT2D eigenvalue weighted by atomic mass is 9.69. The Balaban J connectivity index is 2.89. The van der Waals surface area contributed by atoms with Crippen LogP contribution in [-0.4, -0.2) is 34.2 Å². The van der Waals surface area contributed by atoms with Crippen LogP contribution in [0.5, 0.6) is 0 Å². The molecule has 3 N–H and O–H groups in total. The summed E-state index contributed by atoms with van der Waals surface area (Å²) in [6.07, 6.45) is 2.66. The Hall–Kier alpha value is -1.10. The van der Waals surface area contributed by atoms with Crippen LogP contribution in [0.4, 0.5) is 0 Å². The zero-order valence-electron chi connectivity index (χ0n) is 9.69. The highest BCUT2D eigenvalue weighted by atomic mass is 16.4. The standard InChI is InChI=1S/C11H19NO4/c1-3-11(4-2)5-7(9(13)14)12-8(6-11)10(15)16/h7-8,12H,3-6H2,1-2H3,(H,13,14)(H,15,16)/t7-,8+. The number of carbonyl (C=O) groups is 2. The van der Waals surface area contributed by atoms with Gasteiger partial charge in [-0.3, -0.25) is 14.9 Å².